The van der Waals surface area contributed by atoms with E-state index in [2.05, 4.69) is 0 Å². The topological polar surface area (TPSA) is 52.4 Å². The van der Waals surface area contributed by atoms with Crippen molar-refractivity contribution in [1.29, 1.82) is 0 Å². The predicted octanol–water partition coefficient (Wildman–Crippen LogP) is 3.86. The highest BCUT2D eigenvalue weighted by Crippen LogP contribution is 2.35. The van der Waals surface area contributed by atoms with Gasteiger partial charge in [-0.3, -0.25) is 10.1 Å². The highest BCUT2D eigenvalue weighted by Gasteiger charge is 2.17. The lowest BCUT2D eigenvalue weighted by molar-refractivity contribution is -0.384. The van der Waals surface area contributed by atoms with E-state index in [4.69, 9.17) is 27.9 Å². The Hall–Kier alpha value is -1.00. The van der Waals surface area contributed by atoms with Crippen LogP contribution < -0.4 is 4.74 Å². The van der Waals surface area contributed by atoms with Crippen LogP contribution in [0.5, 0.6) is 5.75 Å². The molecule has 0 saturated heterocycles. The van der Waals surface area contributed by atoms with Gasteiger partial charge in [0.15, 0.2) is 0 Å². The van der Waals surface area contributed by atoms with E-state index in [0.717, 1.165) is 0 Å². The van der Waals surface area contributed by atoms with Crippen LogP contribution >= 0.6 is 23.2 Å². The number of nitrogens with zero attached hydrogens (tertiary/aromatic N) is 1. The molecule has 0 unspecified atom stereocenters. The van der Waals surface area contributed by atoms with Crippen molar-refractivity contribution in [2.75, 3.05) is 0 Å². The number of nitro benzene ring substituents is 1. The lowest BCUT2D eigenvalue weighted by Crippen LogP contribution is -2.07. The summed E-state index contributed by atoms with van der Waals surface area (Å²) in [6.07, 6.45) is -0.0488. The second-order valence-electron chi connectivity index (χ2n) is 3.45. The summed E-state index contributed by atoms with van der Waals surface area (Å²) in [6, 6.07) is 4.19. The Kier molecular flexibility index (Phi) is 4.38. The largest absolute Gasteiger partial charge is 0.491 e. The van der Waals surface area contributed by atoms with Gasteiger partial charge >= 0.3 is 0 Å². The zero-order valence-corrected chi connectivity index (χ0v) is 10.3. The molecule has 0 spiro atoms. The number of benzene rings is 1. The Morgan fingerprint density at radius 2 is 2.00 bits per heavy atom. The molecule has 0 aliphatic heterocycles. The Morgan fingerprint density at radius 1 is 1.38 bits per heavy atom. The van der Waals surface area contributed by atoms with Gasteiger partial charge in [-0.1, -0.05) is 23.2 Å². The maximum Gasteiger partial charge on any atom is 0.270 e. The van der Waals surface area contributed by atoms with E-state index in [-0.39, 0.29) is 11.8 Å². The first-order valence-electron chi connectivity index (χ1n) is 4.65. The van der Waals surface area contributed by atoms with Gasteiger partial charge < -0.3 is 4.74 Å². The molecule has 0 bridgehead atoms. The molecule has 6 heteroatoms. The van der Waals surface area contributed by atoms with Crippen LogP contribution in [0.4, 0.5) is 5.69 Å². The summed E-state index contributed by atoms with van der Waals surface area (Å²) in [7, 11) is 0. The molecule has 1 aromatic carbocycles. The Bertz CT molecular complexity index is 394. The van der Waals surface area contributed by atoms with Gasteiger partial charge in [0.25, 0.3) is 5.69 Å². The molecule has 0 atom stereocenters. The summed E-state index contributed by atoms with van der Waals surface area (Å²) in [4.78, 5) is 9.23. The van der Waals surface area contributed by atoms with Gasteiger partial charge in [-0.25, -0.2) is 0 Å². The minimum absolute atomic E-state index is 0.0488. The number of non-ortho nitro benzene ring substituents is 1. The highest BCUT2D eigenvalue weighted by molar-refractivity contribution is 6.44. The minimum Gasteiger partial charge on any atom is -0.491 e. The van der Waals surface area contributed by atoms with Gasteiger partial charge in [0.05, 0.1) is 11.0 Å². The van der Waals surface area contributed by atoms with Crippen LogP contribution in [0.2, 0.25) is 0 Å². The van der Waals surface area contributed by atoms with E-state index >= 15 is 0 Å². The lowest BCUT2D eigenvalue weighted by atomic mass is 10.2. The van der Waals surface area contributed by atoms with Crippen LogP contribution in [-0.2, 0) is 0 Å². The van der Waals surface area contributed by atoms with Crippen molar-refractivity contribution >= 4 is 28.9 Å². The highest BCUT2D eigenvalue weighted by atomic mass is 35.5. The molecule has 1 aromatic rings. The fourth-order valence-electron chi connectivity index (χ4n) is 1.18. The third-order valence-electron chi connectivity index (χ3n) is 1.80. The van der Waals surface area contributed by atoms with E-state index in [1.807, 2.05) is 13.8 Å². The molecule has 0 aromatic heterocycles. The van der Waals surface area contributed by atoms with Crippen molar-refractivity contribution < 1.29 is 9.66 Å². The van der Waals surface area contributed by atoms with Crippen LogP contribution in [0.3, 0.4) is 0 Å². The summed E-state index contributed by atoms with van der Waals surface area (Å²) in [5, 5.41) is 10.6. The Balaban J connectivity index is 3.14. The summed E-state index contributed by atoms with van der Waals surface area (Å²) < 4.78 is 5.45. The molecule has 16 heavy (non-hydrogen) atoms. The van der Waals surface area contributed by atoms with Gasteiger partial charge in [0.1, 0.15) is 10.6 Å². The second kappa shape index (κ2) is 5.37. The van der Waals surface area contributed by atoms with Crippen molar-refractivity contribution in [3.05, 3.63) is 33.9 Å². The van der Waals surface area contributed by atoms with Crippen LogP contribution in [0.15, 0.2) is 18.2 Å². The molecule has 1 rings (SSSR count). The van der Waals surface area contributed by atoms with Crippen molar-refractivity contribution in [1.82, 2.24) is 0 Å². The molecular weight excluding hydrogens is 253 g/mol. The number of rotatable bonds is 4. The van der Waals surface area contributed by atoms with Crippen LogP contribution in [-0.4, -0.2) is 11.0 Å². The number of ether oxygens (including phenoxy) is 1. The van der Waals surface area contributed by atoms with Crippen molar-refractivity contribution in [2.45, 2.75) is 24.8 Å². The standard InChI is InChI=1S/C10H11Cl2NO3/c1-6(2)16-9-4-3-7(13(14)15)5-8(9)10(11)12/h3-6,10H,1-2H3. The lowest BCUT2D eigenvalue weighted by Gasteiger charge is -2.14. The molecular formula is C10H11Cl2NO3. The fourth-order valence-corrected chi connectivity index (χ4v) is 1.52. The van der Waals surface area contributed by atoms with Gasteiger partial charge in [-0.05, 0) is 19.9 Å². The number of alkyl halides is 2. The molecule has 0 heterocycles. The molecule has 0 radical (unpaired) electrons. The minimum atomic E-state index is -0.853. The molecule has 0 saturated carbocycles. The molecule has 0 fully saturated rings. The van der Waals surface area contributed by atoms with Crippen LogP contribution in [0.25, 0.3) is 0 Å². The van der Waals surface area contributed by atoms with Gasteiger partial charge in [-0.2, -0.15) is 0 Å². The maximum atomic E-state index is 10.6. The van der Waals surface area contributed by atoms with Gasteiger partial charge in [0, 0.05) is 17.7 Å². The van der Waals surface area contributed by atoms with E-state index in [1.54, 1.807) is 0 Å². The Morgan fingerprint density at radius 3 is 2.44 bits per heavy atom. The van der Waals surface area contributed by atoms with Crippen molar-refractivity contribution in [3.63, 3.8) is 0 Å². The summed E-state index contributed by atoms with van der Waals surface area (Å²) >= 11 is 11.5. The third-order valence-corrected chi connectivity index (χ3v) is 2.27. The zero-order chi connectivity index (χ0) is 12.3. The first-order valence-corrected chi connectivity index (χ1v) is 5.52. The van der Waals surface area contributed by atoms with Crippen molar-refractivity contribution in [3.8, 4) is 5.75 Å². The third kappa shape index (κ3) is 3.25. The number of nitro groups is 1. The average Bonchev–Trinajstić information content (AvgIpc) is 2.16. The maximum absolute atomic E-state index is 10.6. The average molecular weight is 264 g/mol. The summed E-state index contributed by atoms with van der Waals surface area (Å²) in [5.41, 5.74) is 0.351. The second-order valence-corrected chi connectivity index (χ2v) is 4.54. The first kappa shape index (κ1) is 13.1. The molecule has 0 amide bonds. The first-order chi connectivity index (χ1) is 7.41. The number of hydrogen-bond acceptors (Lipinski definition) is 3. The van der Waals surface area contributed by atoms with E-state index < -0.39 is 9.76 Å². The summed E-state index contributed by atoms with van der Waals surface area (Å²) in [6.45, 7) is 3.70. The fraction of sp³-hybridized carbons (Fsp3) is 0.400. The zero-order valence-electron chi connectivity index (χ0n) is 8.81. The SMILES string of the molecule is CC(C)Oc1ccc([N+](=O)[O-])cc1C(Cl)Cl. The summed E-state index contributed by atoms with van der Waals surface area (Å²) in [5.74, 6) is 0.468. The number of halogens is 2. The Labute approximate surface area is 103 Å². The molecule has 0 aliphatic rings. The normalized spacial score (nSPS) is 10.9. The van der Waals surface area contributed by atoms with Gasteiger partial charge in [0.2, 0.25) is 0 Å². The smallest absolute Gasteiger partial charge is 0.270 e. The van der Waals surface area contributed by atoms with Crippen molar-refractivity contribution in [2.24, 2.45) is 0 Å². The van der Waals surface area contributed by atoms with Gasteiger partial charge in [-0.15, -0.1) is 0 Å². The number of hydrogen-bond donors (Lipinski definition) is 0. The predicted molar refractivity (Wildman–Crippen MR) is 63.3 cm³/mol. The molecule has 0 aliphatic carbocycles. The van der Waals surface area contributed by atoms with Crippen LogP contribution in [0.1, 0.15) is 24.2 Å². The van der Waals surface area contributed by atoms with E-state index in [1.165, 1.54) is 18.2 Å². The monoisotopic (exact) mass is 263 g/mol. The van der Waals surface area contributed by atoms with Crippen LogP contribution in [0, 0.1) is 10.1 Å². The molecule has 4 nitrogen and oxygen atoms in total. The van der Waals surface area contributed by atoms with E-state index in [9.17, 15) is 10.1 Å². The quantitative estimate of drug-likeness (QED) is 0.471. The molecule has 0 N–H and O–H groups in total. The van der Waals surface area contributed by atoms with E-state index in [0.29, 0.717) is 11.3 Å². The molecule has 88 valence electrons.